The molecule has 0 spiro atoms. The van der Waals surface area contributed by atoms with E-state index in [1.54, 1.807) is 30.3 Å². The molecule has 166 valence electrons. The van der Waals surface area contributed by atoms with E-state index in [-0.39, 0.29) is 6.03 Å². The maximum Gasteiger partial charge on any atom is 0.512 e. The summed E-state index contributed by atoms with van der Waals surface area (Å²) in [5, 5.41) is 6.42. The van der Waals surface area contributed by atoms with Gasteiger partial charge in [0.1, 0.15) is 5.60 Å². The van der Waals surface area contributed by atoms with E-state index in [1.165, 1.54) is 0 Å². The number of aromatic nitrogens is 1. The molecule has 2 N–H and O–H groups in total. The van der Waals surface area contributed by atoms with Crippen molar-refractivity contribution in [1.82, 2.24) is 15.6 Å². The first-order chi connectivity index (χ1) is 14.6. The minimum absolute atomic E-state index is 0.314. The third kappa shape index (κ3) is 7.84. The molecular formula is C22H27Cl2N4O3+. The number of rotatable bonds is 8. The molecule has 0 unspecified atom stereocenters. The van der Waals surface area contributed by atoms with Crippen LogP contribution >= 0.6 is 23.2 Å². The van der Waals surface area contributed by atoms with Gasteiger partial charge in [0.15, 0.2) is 5.69 Å². The van der Waals surface area contributed by atoms with Gasteiger partial charge in [-0.1, -0.05) is 36.2 Å². The molecule has 1 aromatic heterocycles. The second-order valence-electron chi connectivity index (χ2n) is 7.50. The van der Waals surface area contributed by atoms with E-state index in [1.807, 2.05) is 26.8 Å². The van der Waals surface area contributed by atoms with Gasteiger partial charge in [0, 0.05) is 25.6 Å². The molecule has 0 fully saturated rings. The molecule has 3 amide bonds. The molecule has 0 saturated carbocycles. The molecule has 0 aliphatic carbocycles. The first-order valence-corrected chi connectivity index (χ1v) is 10.6. The number of carbonyl (C=O) groups excluding carboxylic acids is 2. The number of halogens is 2. The molecule has 2 aromatic rings. The predicted octanol–water partition coefficient (Wildman–Crippen LogP) is 5.10. The molecule has 0 atom stereocenters. The number of ether oxygens (including phenoxy) is 1. The molecule has 1 heterocycles. The largest absolute Gasteiger partial charge is 0.512 e. The Morgan fingerprint density at radius 2 is 1.90 bits per heavy atom. The molecule has 0 bridgehead atoms. The van der Waals surface area contributed by atoms with Crippen molar-refractivity contribution in [3.8, 4) is 0 Å². The number of hydrogen-bond donors (Lipinski definition) is 2. The van der Waals surface area contributed by atoms with Crippen LogP contribution in [0.25, 0.3) is 0 Å². The van der Waals surface area contributed by atoms with Crippen molar-refractivity contribution in [2.75, 3.05) is 6.54 Å². The smallest absolute Gasteiger partial charge is 0.425 e. The average Bonchev–Trinajstić information content (AvgIpc) is 2.74. The Hall–Kier alpha value is -2.64. The molecule has 7 nitrogen and oxygen atoms in total. The van der Waals surface area contributed by atoms with Crippen molar-refractivity contribution < 1.29 is 18.9 Å². The summed E-state index contributed by atoms with van der Waals surface area (Å²) >= 11 is 11.9. The number of pyridine rings is 1. The Balaban J connectivity index is 1.83. The summed E-state index contributed by atoms with van der Waals surface area (Å²) in [6.45, 7) is 10.0. The van der Waals surface area contributed by atoms with Crippen LogP contribution in [0.1, 0.15) is 38.4 Å². The van der Waals surface area contributed by atoms with E-state index >= 15 is 0 Å². The Kier molecular flexibility index (Phi) is 8.83. The van der Waals surface area contributed by atoms with Crippen molar-refractivity contribution >= 4 is 47.9 Å². The van der Waals surface area contributed by atoms with Crippen LogP contribution in [0.4, 0.5) is 15.4 Å². The van der Waals surface area contributed by atoms with Crippen LogP contribution in [0.5, 0.6) is 0 Å². The number of benzene rings is 1. The summed E-state index contributed by atoms with van der Waals surface area (Å²) < 4.78 is 6.56. The van der Waals surface area contributed by atoms with Gasteiger partial charge in [0.25, 0.3) is 0 Å². The van der Waals surface area contributed by atoms with Crippen molar-refractivity contribution in [3.63, 3.8) is 0 Å². The second-order valence-corrected chi connectivity index (χ2v) is 8.32. The fraction of sp³-hybridized carbons (Fsp3) is 0.364. The van der Waals surface area contributed by atoms with Crippen LogP contribution in [-0.4, -0.2) is 40.5 Å². The van der Waals surface area contributed by atoms with Crippen LogP contribution in [0.15, 0.2) is 36.4 Å². The van der Waals surface area contributed by atoms with Gasteiger partial charge in [-0.25, -0.2) is 4.79 Å². The van der Waals surface area contributed by atoms with E-state index < -0.39 is 11.7 Å². The average molecular weight is 466 g/mol. The standard InChI is InChI=1S/C22H26Cl2N4O3/c1-5-22(2,3)31-21(30)28(4)19-8-6-7-16(27-19)11-12-25-20(29)26-14-15-9-10-17(23)18(24)13-15/h6-10,13H,4-5,11-12,14H2,1-3H3,(H-,25,26,29)/p+1. The highest BCUT2D eigenvalue weighted by Gasteiger charge is 2.27. The molecule has 31 heavy (non-hydrogen) atoms. The lowest BCUT2D eigenvalue weighted by Crippen LogP contribution is -2.36. The predicted molar refractivity (Wildman–Crippen MR) is 123 cm³/mol. The Bertz CT molecular complexity index is 964. The third-order valence-electron chi connectivity index (χ3n) is 4.61. The minimum Gasteiger partial charge on any atom is -0.425 e. The van der Waals surface area contributed by atoms with Gasteiger partial charge in [0.05, 0.1) is 16.8 Å². The van der Waals surface area contributed by atoms with Gasteiger partial charge in [-0.2, -0.15) is 4.79 Å². The summed E-state index contributed by atoms with van der Waals surface area (Å²) in [5.74, 6) is 0.374. The molecule has 1 aromatic carbocycles. The number of nitrogens with zero attached hydrogens (tertiary/aromatic N) is 2. The second kappa shape index (κ2) is 11.1. The zero-order valence-electron chi connectivity index (χ0n) is 17.9. The molecular weight excluding hydrogens is 439 g/mol. The lowest BCUT2D eigenvalue weighted by atomic mass is 10.1. The van der Waals surface area contributed by atoms with Crippen LogP contribution in [-0.2, 0) is 17.7 Å². The van der Waals surface area contributed by atoms with Crippen LogP contribution in [0.2, 0.25) is 10.0 Å². The number of nitrogens with one attached hydrogen (secondary N) is 2. The van der Waals surface area contributed by atoms with Gasteiger partial charge in [0.2, 0.25) is 0 Å². The van der Waals surface area contributed by atoms with Crippen molar-refractivity contribution in [1.29, 1.82) is 0 Å². The summed E-state index contributed by atoms with van der Waals surface area (Å²) in [6, 6.07) is 10.1. The zero-order valence-corrected chi connectivity index (χ0v) is 19.4. The topological polar surface area (TPSA) is 83.3 Å². The minimum atomic E-state index is -0.584. The maximum atomic E-state index is 12.3. The van der Waals surface area contributed by atoms with Crippen molar-refractivity contribution in [2.24, 2.45) is 0 Å². The van der Waals surface area contributed by atoms with Crippen LogP contribution in [0, 0.1) is 0 Å². The first kappa shape index (κ1) is 24.6. The Labute approximate surface area is 192 Å². The van der Waals surface area contributed by atoms with Gasteiger partial charge in [-0.3, -0.25) is 0 Å². The normalized spacial score (nSPS) is 11.0. The quantitative estimate of drug-likeness (QED) is 0.419. The number of carbonyl (C=O) groups is 2. The SMILES string of the molecule is C=[N+](C(=O)OC(C)(C)CC)c1cccc(CCNC(=O)NCc2ccc(Cl)c(Cl)c2)n1. The number of amides is 3. The Morgan fingerprint density at radius 3 is 2.58 bits per heavy atom. The molecule has 0 aliphatic rings. The molecule has 0 aliphatic heterocycles. The molecule has 0 radical (unpaired) electrons. The number of hydrogen-bond acceptors (Lipinski definition) is 4. The first-order valence-electron chi connectivity index (χ1n) is 9.86. The van der Waals surface area contributed by atoms with E-state index in [2.05, 4.69) is 22.3 Å². The van der Waals surface area contributed by atoms with Gasteiger partial charge < -0.3 is 15.4 Å². The van der Waals surface area contributed by atoms with Gasteiger partial charge in [-0.05, 0) is 55.1 Å². The fourth-order valence-electron chi connectivity index (χ4n) is 2.41. The summed E-state index contributed by atoms with van der Waals surface area (Å²) in [6.07, 6.45) is 0.590. The molecule has 0 saturated heterocycles. The molecule has 2 rings (SSSR count). The zero-order chi connectivity index (χ0) is 23.0. The summed E-state index contributed by atoms with van der Waals surface area (Å²) in [4.78, 5) is 28.7. The fourth-order valence-corrected chi connectivity index (χ4v) is 2.73. The van der Waals surface area contributed by atoms with Gasteiger partial charge >= 0.3 is 17.9 Å². The third-order valence-corrected chi connectivity index (χ3v) is 5.35. The summed E-state index contributed by atoms with van der Waals surface area (Å²) in [5.41, 5.74) is 0.963. The number of urea groups is 1. The Morgan fingerprint density at radius 1 is 1.16 bits per heavy atom. The maximum absolute atomic E-state index is 12.3. The van der Waals surface area contributed by atoms with Crippen molar-refractivity contribution in [2.45, 2.75) is 45.8 Å². The highest BCUT2D eigenvalue weighted by molar-refractivity contribution is 6.42. The highest BCUT2D eigenvalue weighted by atomic mass is 35.5. The van der Waals surface area contributed by atoms with E-state index in [4.69, 9.17) is 27.9 Å². The van der Waals surface area contributed by atoms with Gasteiger partial charge in [-0.15, -0.1) is 4.58 Å². The van der Waals surface area contributed by atoms with Crippen LogP contribution in [0.3, 0.4) is 0 Å². The van der Waals surface area contributed by atoms with E-state index in [9.17, 15) is 9.59 Å². The molecule has 9 heteroatoms. The van der Waals surface area contributed by atoms with E-state index in [0.717, 1.165) is 10.1 Å². The lowest BCUT2D eigenvalue weighted by Gasteiger charge is -2.21. The highest BCUT2D eigenvalue weighted by Crippen LogP contribution is 2.22. The van der Waals surface area contributed by atoms with Crippen LogP contribution < -0.4 is 10.6 Å². The van der Waals surface area contributed by atoms with Crippen molar-refractivity contribution in [3.05, 3.63) is 57.7 Å². The summed E-state index contributed by atoms with van der Waals surface area (Å²) in [7, 11) is 0. The lowest BCUT2D eigenvalue weighted by molar-refractivity contribution is -0.359. The monoisotopic (exact) mass is 465 g/mol. The van der Waals surface area contributed by atoms with E-state index in [0.29, 0.717) is 47.5 Å².